The number of carbonyl (C=O) groups excluding carboxylic acids is 2. The molecule has 1 unspecified atom stereocenters. The number of benzene rings is 2. The Morgan fingerprint density at radius 3 is 2.53 bits per heavy atom. The van der Waals surface area contributed by atoms with E-state index in [9.17, 15) is 14.0 Å². The third-order valence-corrected chi connectivity index (χ3v) is 5.52. The monoisotopic (exact) mass is 426 g/mol. The molecule has 0 saturated heterocycles. The summed E-state index contributed by atoms with van der Waals surface area (Å²) in [5.41, 5.74) is 2.62. The minimum atomic E-state index is -0.360. The van der Waals surface area contributed by atoms with Gasteiger partial charge in [0.25, 0.3) is 0 Å². The van der Waals surface area contributed by atoms with Gasteiger partial charge in [-0.25, -0.2) is 9.07 Å². The molecule has 0 saturated carbocycles. The van der Waals surface area contributed by atoms with Crippen LogP contribution in [0.1, 0.15) is 12.5 Å². The van der Waals surface area contributed by atoms with E-state index in [-0.39, 0.29) is 28.6 Å². The lowest BCUT2D eigenvalue weighted by atomic mass is 10.1. The molecule has 2 aromatic carbocycles. The van der Waals surface area contributed by atoms with Crippen molar-refractivity contribution < 1.29 is 14.0 Å². The van der Waals surface area contributed by atoms with Crippen LogP contribution in [-0.2, 0) is 16.0 Å². The van der Waals surface area contributed by atoms with Crippen LogP contribution in [0.5, 0.6) is 0 Å². The van der Waals surface area contributed by atoms with Crippen LogP contribution in [-0.4, -0.2) is 39.1 Å². The van der Waals surface area contributed by atoms with Gasteiger partial charge in [-0.3, -0.25) is 9.59 Å². The van der Waals surface area contributed by atoms with Crippen molar-refractivity contribution in [2.24, 2.45) is 0 Å². The third-order valence-electron chi connectivity index (χ3n) is 4.38. The Hall–Kier alpha value is -3.13. The molecule has 2 amide bonds. The summed E-state index contributed by atoms with van der Waals surface area (Å²) in [6.07, 6.45) is 4.33. The van der Waals surface area contributed by atoms with Crippen LogP contribution in [0.3, 0.4) is 0 Å². The first-order valence-electron chi connectivity index (χ1n) is 9.55. The second-order valence-electron chi connectivity index (χ2n) is 6.67. The van der Waals surface area contributed by atoms with Crippen molar-refractivity contribution in [1.29, 1.82) is 0 Å². The molecule has 1 heterocycles. The number of hydrogen-bond donors (Lipinski definition) is 2. The number of hydrogen-bond acceptors (Lipinski definition) is 4. The molecule has 1 atom stereocenters. The zero-order valence-electron chi connectivity index (χ0n) is 16.5. The van der Waals surface area contributed by atoms with Crippen LogP contribution in [0.4, 0.5) is 10.1 Å². The van der Waals surface area contributed by atoms with Gasteiger partial charge >= 0.3 is 0 Å². The van der Waals surface area contributed by atoms with Crippen molar-refractivity contribution in [2.75, 3.05) is 17.6 Å². The molecule has 0 spiro atoms. The van der Waals surface area contributed by atoms with E-state index < -0.39 is 0 Å². The number of rotatable bonds is 9. The minimum absolute atomic E-state index is 0.109. The van der Waals surface area contributed by atoms with Gasteiger partial charge in [0.15, 0.2) is 0 Å². The SMILES string of the molecule is CC(SCC(=O)Nc1ccc(F)cc1)C(=O)NCCc1ccc(-n2cccn2)cc1. The highest BCUT2D eigenvalue weighted by molar-refractivity contribution is 8.01. The number of anilines is 1. The van der Waals surface area contributed by atoms with Crippen LogP contribution in [0.2, 0.25) is 0 Å². The molecule has 0 aliphatic rings. The number of nitrogens with zero attached hydrogens (tertiary/aromatic N) is 2. The predicted octanol–water partition coefficient (Wildman–Crippen LogP) is 3.43. The molecular formula is C22H23FN4O2S. The number of amides is 2. The molecule has 3 rings (SSSR count). The number of halogens is 1. The quantitative estimate of drug-likeness (QED) is 0.550. The highest BCUT2D eigenvalue weighted by Gasteiger charge is 2.15. The highest BCUT2D eigenvalue weighted by Crippen LogP contribution is 2.13. The van der Waals surface area contributed by atoms with E-state index in [2.05, 4.69) is 15.7 Å². The molecule has 0 radical (unpaired) electrons. The van der Waals surface area contributed by atoms with E-state index >= 15 is 0 Å². The second-order valence-corrected chi connectivity index (χ2v) is 8.00. The zero-order valence-corrected chi connectivity index (χ0v) is 17.4. The molecule has 3 aromatic rings. The fourth-order valence-corrected chi connectivity index (χ4v) is 3.43. The number of carbonyl (C=O) groups is 2. The molecule has 0 bridgehead atoms. The minimum Gasteiger partial charge on any atom is -0.355 e. The summed E-state index contributed by atoms with van der Waals surface area (Å²) in [7, 11) is 0. The Morgan fingerprint density at radius 2 is 1.87 bits per heavy atom. The molecule has 2 N–H and O–H groups in total. The van der Waals surface area contributed by atoms with Gasteiger partial charge in [-0.15, -0.1) is 11.8 Å². The second kappa shape index (κ2) is 10.6. The van der Waals surface area contributed by atoms with Gasteiger partial charge in [-0.1, -0.05) is 12.1 Å². The van der Waals surface area contributed by atoms with Gasteiger partial charge < -0.3 is 10.6 Å². The summed E-state index contributed by atoms with van der Waals surface area (Å²) in [5.74, 6) is -0.561. The maximum atomic E-state index is 12.9. The van der Waals surface area contributed by atoms with Crippen molar-refractivity contribution >= 4 is 29.3 Å². The van der Waals surface area contributed by atoms with E-state index in [4.69, 9.17) is 0 Å². The van der Waals surface area contributed by atoms with Gasteiger partial charge in [0.2, 0.25) is 11.8 Å². The smallest absolute Gasteiger partial charge is 0.234 e. The van der Waals surface area contributed by atoms with Crippen LogP contribution in [0.15, 0.2) is 67.0 Å². The first-order chi connectivity index (χ1) is 14.5. The summed E-state index contributed by atoms with van der Waals surface area (Å²) in [4.78, 5) is 24.2. The standard InChI is InChI=1S/C22H23FN4O2S/c1-16(30-15-21(28)26-19-7-5-18(23)6-8-19)22(29)24-13-11-17-3-9-20(10-4-17)27-14-2-12-25-27/h2-10,12,14,16H,11,13,15H2,1H3,(H,24,29)(H,26,28). The Bertz CT molecular complexity index is 960. The Morgan fingerprint density at radius 1 is 1.13 bits per heavy atom. The van der Waals surface area contributed by atoms with E-state index in [1.807, 2.05) is 36.5 Å². The van der Waals surface area contributed by atoms with Gasteiger partial charge in [-0.05, 0) is 61.4 Å². The lowest BCUT2D eigenvalue weighted by Gasteiger charge is -2.12. The van der Waals surface area contributed by atoms with Gasteiger partial charge in [0.1, 0.15) is 5.82 Å². The molecule has 156 valence electrons. The topological polar surface area (TPSA) is 76.0 Å². The molecular weight excluding hydrogens is 403 g/mol. The molecule has 0 fully saturated rings. The van der Waals surface area contributed by atoms with E-state index in [1.165, 1.54) is 36.0 Å². The summed E-state index contributed by atoms with van der Waals surface area (Å²) in [6, 6.07) is 15.4. The fraction of sp³-hybridized carbons (Fsp3) is 0.227. The molecule has 6 nitrogen and oxygen atoms in total. The van der Waals surface area contributed by atoms with Gasteiger partial charge in [0.05, 0.1) is 16.7 Å². The molecule has 1 aromatic heterocycles. The highest BCUT2D eigenvalue weighted by atomic mass is 32.2. The summed E-state index contributed by atoms with van der Waals surface area (Å²) in [5, 5.41) is 9.42. The van der Waals surface area contributed by atoms with Crippen LogP contribution in [0.25, 0.3) is 5.69 Å². The Labute approximate surface area is 178 Å². The Balaban J connectivity index is 1.36. The molecule has 0 aliphatic carbocycles. The number of aromatic nitrogens is 2. The predicted molar refractivity (Wildman–Crippen MR) is 117 cm³/mol. The maximum absolute atomic E-state index is 12.9. The van der Waals surface area contributed by atoms with Gasteiger partial charge in [-0.2, -0.15) is 5.10 Å². The first-order valence-corrected chi connectivity index (χ1v) is 10.6. The lowest BCUT2D eigenvalue weighted by molar-refractivity contribution is -0.120. The summed E-state index contributed by atoms with van der Waals surface area (Å²) in [6.45, 7) is 2.29. The third kappa shape index (κ3) is 6.45. The largest absolute Gasteiger partial charge is 0.355 e. The van der Waals surface area contributed by atoms with Crippen molar-refractivity contribution in [1.82, 2.24) is 15.1 Å². The number of nitrogens with one attached hydrogen (secondary N) is 2. The zero-order chi connectivity index (χ0) is 21.3. The Kier molecular flexibility index (Phi) is 7.62. The van der Waals surface area contributed by atoms with Gasteiger partial charge in [0, 0.05) is 24.6 Å². The normalized spacial score (nSPS) is 11.7. The van der Waals surface area contributed by atoms with Crippen LogP contribution < -0.4 is 10.6 Å². The van der Waals surface area contributed by atoms with E-state index in [0.29, 0.717) is 18.7 Å². The lowest BCUT2D eigenvalue weighted by Crippen LogP contribution is -2.33. The van der Waals surface area contributed by atoms with Crippen molar-refractivity contribution in [2.45, 2.75) is 18.6 Å². The van der Waals surface area contributed by atoms with Crippen molar-refractivity contribution in [3.63, 3.8) is 0 Å². The molecule has 30 heavy (non-hydrogen) atoms. The fourth-order valence-electron chi connectivity index (χ4n) is 2.72. The molecule has 8 heteroatoms. The van der Waals surface area contributed by atoms with Crippen LogP contribution in [0, 0.1) is 5.82 Å². The summed E-state index contributed by atoms with van der Waals surface area (Å²) >= 11 is 1.25. The maximum Gasteiger partial charge on any atom is 0.234 e. The van der Waals surface area contributed by atoms with Crippen molar-refractivity contribution in [3.8, 4) is 5.69 Å². The van der Waals surface area contributed by atoms with E-state index in [1.54, 1.807) is 17.8 Å². The molecule has 0 aliphatic heterocycles. The number of thioether (sulfide) groups is 1. The average Bonchev–Trinajstić information content (AvgIpc) is 3.29. The van der Waals surface area contributed by atoms with Crippen molar-refractivity contribution in [3.05, 3.63) is 78.4 Å². The van der Waals surface area contributed by atoms with Crippen LogP contribution >= 0.6 is 11.8 Å². The van der Waals surface area contributed by atoms with E-state index in [0.717, 1.165) is 11.3 Å². The first kappa shape index (κ1) is 21.6. The summed E-state index contributed by atoms with van der Waals surface area (Å²) < 4.78 is 14.7. The average molecular weight is 427 g/mol.